The number of unbranched alkanes of at least 4 members (excludes halogenated alkanes) is 1. The van der Waals surface area contributed by atoms with Crippen LogP contribution in [0.4, 0.5) is 5.69 Å². The predicted molar refractivity (Wildman–Crippen MR) is 80.2 cm³/mol. The van der Waals surface area contributed by atoms with Gasteiger partial charge >= 0.3 is 0 Å². The van der Waals surface area contributed by atoms with E-state index in [0.29, 0.717) is 5.92 Å². The molecule has 1 aromatic rings. The van der Waals surface area contributed by atoms with Crippen molar-refractivity contribution in [2.75, 3.05) is 11.5 Å². The molecule has 2 nitrogen and oxygen atoms in total. The molecule has 0 saturated carbocycles. The topological polar surface area (TPSA) is 43.1 Å². The maximum absolute atomic E-state index is 12.4. The van der Waals surface area contributed by atoms with E-state index in [1.165, 1.54) is 19.3 Å². The highest BCUT2D eigenvalue weighted by atomic mass is 32.2. The molecular formula is C15H25NOS. The normalized spacial score (nSPS) is 14.4. The summed E-state index contributed by atoms with van der Waals surface area (Å²) in [6, 6.07) is 5.70. The number of hydrogen-bond acceptors (Lipinski definition) is 2. The van der Waals surface area contributed by atoms with Gasteiger partial charge in [0.2, 0.25) is 0 Å². The van der Waals surface area contributed by atoms with Crippen molar-refractivity contribution in [3.63, 3.8) is 0 Å². The van der Waals surface area contributed by atoms with E-state index in [0.717, 1.165) is 28.3 Å². The van der Waals surface area contributed by atoms with Gasteiger partial charge in [-0.15, -0.1) is 0 Å². The molecule has 102 valence electrons. The van der Waals surface area contributed by atoms with Crippen molar-refractivity contribution in [1.82, 2.24) is 0 Å². The van der Waals surface area contributed by atoms with Crippen molar-refractivity contribution in [3.05, 3.63) is 23.8 Å². The molecule has 0 aromatic heterocycles. The first-order valence-corrected chi connectivity index (χ1v) is 8.15. The average molecular weight is 267 g/mol. The fourth-order valence-electron chi connectivity index (χ4n) is 2.08. The van der Waals surface area contributed by atoms with E-state index in [2.05, 4.69) is 13.8 Å². The van der Waals surface area contributed by atoms with Gasteiger partial charge in [-0.2, -0.15) is 0 Å². The molecule has 18 heavy (non-hydrogen) atoms. The minimum Gasteiger partial charge on any atom is -0.398 e. The lowest BCUT2D eigenvalue weighted by atomic mass is 10.0. The number of hydrogen-bond donors (Lipinski definition) is 1. The van der Waals surface area contributed by atoms with Crippen molar-refractivity contribution in [2.24, 2.45) is 5.92 Å². The smallest absolute Gasteiger partial charge is 0.0535 e. The molecular weight excluding hydrogens is 242 g/mol. The molecule has 0 spiro atoms. The Bertz CT molecular complexity index is 403. The molecule has 1 rings (SSSR count). The molecule has 3 heteroatoms. The summed E-state index contributed by atoms with van der Waals surface area (Å²) in [4.78, 5) is 0.907. The summed E-state index contributed by atoms with van der Waals surface area (Å²) in [5, 5.41) is 0. The second-order valence-corrected chi connectivity index (χ2v) is 6.36. The molecule has 0 bridgehead atoms. The fraction of sp³-hybridized carbons (Fsp3) is 0.600. The fourth-order valence-corrected chi connectivity index (χ4v) is 3.78. The van der Waals surface area contributed by atoms with Crippen LogP contribution in [0.5, 0.6) is 0 Å². The van der Waals surface area contributed by atoms with Gasteiger partial charge in [-0.1, -0.05) is 39.2 Å². The van der Waals surface area contributed by atoms with Gasteiger partial charge in [0.1, 0.15) is 0 Å². The lowest BCUT2D eigenvalue weighted by molar-refractivity contribution is 0.494. The van der Waals surface area contributed by atoms with Crippen LogP contribution in [0.1, 0.15) is 45.1 Å². The van der Waals surface area contributed by atoms with Crippen LogP contribution in [-0.2, 0) is 10.8 Å². The Kier molecular flexibility index (Phi) is 6.41. The van der Waals surface area contributed by atoms with Crippen molar-refractivity contribution < 1.29 is 4.21 Å². The largest absolute Gasteiger partial charge is 0.398 e. The molecule has 0 heterocycles. The standard InChI is InChI=1S/C15H25NOS/c1-4-6-8-13(5-2)11-18(17)15-10-7-9-14(16)12(15)3/h7,9-10,13H,4-6,8,11,16H2,1-3H3. The van der Waals surface area contributed by atoms with Gasteiger partial charge in [-0.3, -0.25) is 4.21 Å². The Hall–Kier alpha value is -0.830. The Morgan fingerprint density at radius 3 is 2.67 bits per heavy atom. The van der Waals surface area contributed by atoms with E-state index in [-0.39, 0.29) is 0 Å². The molecule has 0 saturated heterocycles. The van der Waals surface area contributed by atoms with Gasteiger partial charge in [0.25, 0.3) is 0 Å². The van der Waals surface area contributed by atoms with Crippen LogP contribution in [0.2, 0.25) is 0 Å². The zero-order valence-electron chi connectivity index (χ0n) is 11.7. The average Bonchev–Trinajstić information content (AvgIpc) is 2.37. The third-order valence-corrected chi connectivity index (χ3v) is 5.21. The molecule has 1 aromatic carbocycles. The van der Waals surface area contributed by atoms with Crippen LogP contribution >= 0.6 is 0 Å². The molecule has 0 amide bonds. The minimum atomic E-state index is -0.919. The van der Waals surface area contributed by atoms with Crippen LogP contribution in [0.25, 0.3) is 0 Å². The highest BCUT2D eigenvalue weighted by Crippen LogP contribution is 2.22. The molecule has 2 unspecified atom stereocenters. The first-order valence-electron chi connectivity index (χ1n) is 6.83. The zero-order chi connectivity index (χ0) is 13.5. The Labute approximate surface area is 113 Å². The van der Waals surface area contributed by atoms with Crippen LogP contribution in [0.15, 0.2) is 23.1 Å². The van der Waals surface area contributed by atoms with Crippen molar-refractivity contribution in [1.29, 1.82) is 0 Å². The molecule has 0 fully saturated rings. The zero-order valence-corrected chi connectivity index (χ0v) is 12.6. The monoisotopic (exact) mass is 267 g/mol. The van der Waals surface area contributed by atoms with Gasteiger partial charge in [-0.05, 0) is 37.0 Å². The first-order chi connectivity index (χ1) is 8.60. The summed E-state index contributed by atoms with van der Waals surface area (Å²) in [6.45, 7) is 6.34. The number of nitrogen functional groups attached to an aromatic ring is 1. The maximum Gasteiger partial charge on any atom is 0.0535 e. The van der Waals surface area contributed by atoms with Crippen LogP contribution in [0, 0.1) is 12.8 Å². The van der Waals surface area contributed by atoms with Gasteiger partial charge in [0.05, 0.1) is 10.8 Å². The van der Waals surface area contributed by atoms with Gasteiger partial charge in [-0.25, -0.2) is 0 Å². The third kappa shape index (κ3) is 4.13. The lowest BCUT2D eigenvalue weighted by Gasteiger charge is -2.15. The summed E-state index contributed by atoms with van der Waals surface area (Å²) in [7, 11) is -0.919. The van der Waals surface area contributed by atoms with Gasteiger partial charge in [0, 0.05) is 16.3 Å². The molecule has 0 aliphatic rings. The first kappa shape index (κ1) is 15.2. The summed E-state index contributed by atoms with van der Waals surface area (Å²) in [5.41, 5.74) is 7.58. The van der Waals surface area contributed by atoms with Crippen LogP contribution in [-0.4, -0.2) is 9.96 Å². The Morgan fingerprint density at radius 1 is 1.33 bits per heavy atom. The quantitative estimate of drug-likeness (QED) is 0.761. The van der Waals surface area contributed by atoms with Crippen molar-refractivity contribution >= 4 is 16.5 Å². The van der Waals surface area contributed by atoms with Crippen LogP contribution < -0.4 is 5.73 Å². The lowest BCUT2D eigenvalue weighted by Crippen LogP contribution is -2.12. The molecule has 0 radical (unpaired) electrons. The van der Waals surface area contributed by atoms with E-state index in [4.69, 9.17) is 5.73 Å². The van der Waals surface area contributed by atoms with Crippen molar-refractivity contribution in [2.45, 2.75) is 51.3 Å². The van der Waals surface area contributed by atoms with E-state index < -0.39 is 10.8 Å². The summed E-state index contributed by atoms with van der Waals surface area (Å²) in [6.07, 6.45) is 4.72. The van der Waals surface area contributed by atoms with Gasteiger partial charge in [0.15, 0.2) is 0 Å². The Morgan fingerprint density at radius 2 is 2.06 bits per heavy atom. The second kappa shape index (κ2) is 7.57. The van der Waals surface area contributed by atoms with E-state index in [1.54, 1.807) is 0 Å². The summed E-state index contributed by atoms with van der Waals surface area (Å²) in [5.74, 6) is 1.33. The molecule has 2 atom stereocenters. The van der Waals surface area contributed by atoms with E-state index in [1.807, 2.05) is 25.1 Å². The highest BCUT2D eigenvalue weighted by Gasteiger charge is 2.14. The molecule has 0 aliphatic heterocycles. The van der Waals surface area contributed by atoms with E-state index >= 15 is 0 Å². The predicted octanol–water partition coefficient (Wildman–Crippen LogP) is 3.90. The third-order valence-electron chi connectivity index (χ3n) is 3.50. The number of benzene rings is 1. The molecule has 0 aliphatic carbocycles. The number of anilines is 1. The maximum atomic E-state index is 12.4. The van der Waals surface area contributed by atoms with E-state index in [9.17, 15) is 4.21 Å². The van der Waals surface area contributed by atoms with Crippen molar-refractivity contribution in [3.8, 4) is 0 Å². The Balaban J connectivity index is 2.72. The SMILES string of the molecule is CCCCC(CC)CS(=O)c1cccc(N)c1C. The number of rotatable bonds is 7. The minimum absolute atomic E-state index is 0.562. The van der Waals surface area contributed by atoms with Gasteiger partial charge < -0.3 is 5.73 Å². The molecule has 2 N–H and O–H groups in total. The number of nitrogens with two attached hydrogens (primary N) is 1. The highest BCUT2D eigenvalue weighted by molar-refractivity contribution is 7.85. The van der Waals surface area contributed by atoms with Crippen LogP contribution in [0.3, 0.4) is 0 Å². The summed E-state index contributed by atoms with van der Waals surface area (Å²) >= 11 is 0. The second-order valence-electron chi connectivity index (χ2n) is 4.90. The summed E-state index contributed by atoms with van der Waals surface area (Å²) < 4.78 is 12.4.